The minimum absolute atomic E-state index is 0.132. The van der Waals surface area contributed by atoms with Gasteiger partial charge in [-0.15, -0.1) is 0 Å². The average Bonchev–Trinajstić information content (AvgIpc) is 3.74. The molecule has 2 aromatic carbocycles. The van der Waals surface area contributed by atoms with Crippen molar-refractivity contribution in [2.24, 2.45) is 11.3 Å². The first-order valence-corrected chi connectivity index (χ1v) is 16.5. The summed E-state index contributed by atoms with van der Waals surface area (Å²) in [5.41, 5.74) is 6.14. The Balaban J connectivity index is 1.10. The molecule has 2 saturated heterocycles. The molecule has 1 saturated carbocycles. The molecule has 1 aromatic heterocycles. The summed E-state index contributed by atoms with van der Waals surface area (Å²) in [6.07, 6.45) is 4.05. The number of methoxy groups -OCH3 is 1. The zero-order chi connectivity index (χ0) is 31.1. The zero-order valence-corrected chi connectivity index (χ0v) is 26.7. The standard InChI is InChI=1S/C37H45N3O5/c1-24-6-4-7-30(32-8-5-9-34(38-32)40-21-28-19-37(28,36(41)42)33(40)23-43-3)35(24)45-22-26-10-11-27-12-15-39(20-25(2)31(27)18-26)29-13-16-44-17-14-29/h4-11,18,25,28-29,33H,12-17,19-23H2,1-3H3,(H,41,42)/t25-,28-,33+,37+/m0/s1. The second-order valence-electron chi connectivity index (χ2n) is 13.5. The van der Waals surface area contributed by atoms with E-state index in [0.717, 1.165) is 74.0 Å². The van der Waals surface area contributed by atoms with E-state index in [4.69, 9.17) is 19.2 Å². The molecule has 3 fully saturated rings. The summed E-state index contributed by atoms with van der Waals surface area (Å²) in [5.74, 6) is 1.48. The fourth-order valence-electron chi connectivity index (χ4n) is 8.22. The van der Waals surface area contributed by atoms with Gasteiger partial charge in [0.2, 0.25) is 0 Å². The van der Waals surface area contributed by atoms with Crippen molar-refractivity contribution in [2.45, 2.75) is 64.1 Å². The number of carboxylic acids is 1. The molecule has 8 heteroatoms. The van der Waals surface area contributed by atoms with Gasteiger partial charge < -0.3 is 24.2 Å². The highest BCUT2D eigenvalue weighted by Crippen LogP contribution is 2.62. The van der Waals surface area contributed by atoms with Crippen LogP contribution in [0, 0.1) is 18.3 Å². The smallest absolute Gasteiger partial charge is 0.312 e. The highest BCUT2D eigenvalue weighted by molar-refractivity contribution is 5.82. The zero-order valence-electron chi connectivity index (χ0n) is 26.7. The lowest BCUT2D eigenvalue weighted by Gasteiger charge is -2.34. The largest absolute Gasteiger partial charge is 0.488 e. The molecule has 8 nitrogen and oxygen atoms in total. The normalized spacial score (nSPS) is 26.6. The average molecular weight is 612 g/mol. The molecule has 1 N–H and O–H groups in total. The van der Waals surface area contributed by atoms with Gasteiger partial charge in [-0.25, -0.2) is 4.98 Å². The first kappa shape index (κ1) is 30.2. The Hall–Kier alpha value is -3.46. The van der Waals surface area contributed by atoms with Crippen LogP contribution in [0.2, 0.25) is 0 Å². The highest BCUT2D eigenvalue weighted by Gasteiger charge is 2.71. The Morgan fingerprint density at radius 2 is 1.93 bits per heavy atom. The molecule has 1 aliphatic carbocycles. The van der Waals surface area contributed by atoms with Crippen molar-refractivity contribution in [1.29, 1.82) is 0 Å². The van der Waals surface area contributed by atoms with E-state index >= 15 is 0 Å². The summed E-state index contributed by atoms with van der Waals surface area (Å²) in [5, 5.41) is 10.1. The monoisotopic (exact) mass is 611 g/mol. The molecule has 45 heavy (non-hydrogen) atoms. The van der Waals surface area contributed by atoms with Gasteiger partial charge in [-0.05, 0) is 84.9 Å². The number of aromatic nitrogens is 1. The predicted octanol–water partition coefficient (Wildman–Crippen LogP) is 5.70. The van der Waals surface area contributed by atoms with Crippen LogP contribution < -0.4 is 9.64 Å². The van der Waals surface area contributed by atoms with Crippen LogP contribution in [0.15, 0.2) is 54.6 Å². The minimum Gasteiger partial charge on any atom is -0.488 e. The van der Waals surface area contributed by atoms with Crippen molar-refractivity contribution in [3.63, 3.8) is 0 Å². The number of anilines is 1. The van der Waals surface area contributed by atoms with Gasteiger partial charge in [-0.3, -0.25) is 9.69 Å². The Morgan fingerprint density at radius 3 is 2.73 bits per heavy atom. The van der Waals surface area contributed by atoms with E-state index in [-0.39, 0.29) is 12.0 Å². The fraction of sp³-hybridized carbons (Fsp3) is 0.514. The number of pyridine rings is 1. The molecular formula is C37H45N3O5. The van der Waals surface area contributed by atoms with Crippen LogP contribution in [0.3, 0.4) is 0 Å². The molecule has 3 aliphatic heterocycles. The van der Waals surface area contributed by atoms with Crippen LogP contribution in [-0.2, 0) is 27.3 Å². The van der Waals surface area contributed by atoms with E-state index in [0.29, 0.717) is 38.1 Å². The second-order valence-corrected chi connectivity index (χ2v) is 13.5. The van der Waals surface area contributed by atoms with Gasteiger partial charge in [0.1, 0.15) is 18.2 Å². The maximum atomic E-state index is 12.3. The number of rotatable bonds is 9. The summed E-state index contributed by atoms with van der Waals surface area (Å²) in [6.45, 7) is 9.90. The first-order valence-electron chi connectivity index (χ1n) is 16.5. The van der Waals surface area contributed by atoms with Crippen LogP contribution >= 0.6 is 0 Å². The molecule has 3 aromatic rings. The number of fused-ring (bicyclic) bond motifs is 2. The van der Waals surface area contributed by atoms with E-state index in [1.54, 1.807) is 7.11 Å². The van der Waals surface area contributed by atoms with Crippen LogP contribution in [0.25, 0.3) is 11.3 Å². The van der Waals surface area contributed by atoms with Gasteiger partial charge in [0.05, 0.1) is 23.8 Å². The number of aryl methyl sites for hydroxylation is 1. The first-order chi connectivity index (χ1) is 21.9. The molecule has 0 radical (unpaired) electrons. The number of hydrogen-bond donors (Lipinski definition) is 1. The topological polar surface area (TPSA) is 84.4 Å². The summed E-state index contributed by atoms with van der Waals surface area (Å²) < 4.78 is 17.7. The maximum Gasteiger partial charge on any atom is 0.312 e. The van der Waals surface area contributed by atoms with Crippen molar-refractivity contribution < 1.29 is 24.1 Å². The summed E-state index contributed by atoms with van der Waals surface area (Å²) in [7, 11) is 1.64. The molecule has 7 rings (SSSR count). The van der Waals surface area contributed by atoms with Gasteiger partial charge in [-0.1, -0.05) is 43.3 Å². The van der Waals surface area contributed by atoms with Crippen LogP contribution in [0.4, 0.5) is 5.82 Å². The van der Waals surface area contributed by atoms with E-state index in [1.807, 2.05) is 24.3 Å². The number of nitrogens with zero attached hydrogens (tertiary/aromatic N) is 3. The maximum absolute atomic E-state index is 12.3. The summed E-state index contributed by atoms with van der Waals surface area (Å²) in [4.78, 5) is 22.1. The highest BCUT2D eigenvalue weighted by atomic mass is 16.5. The van der Waals surface area contributed by atoms with Crippen molar-refractivity contribution in [1.82, 2.24) is 9.88 Å². The Morgan fingerprint density at radius 1 is 1.11 bits per heavy atom. The number of carbonyl (C=O) groups is 1. The van der Waals surface area contributed by atoms with Crippen molar-refractivity contribution in [3.05, 3.63) is 76.9 Å². The molecule has 0 spiro atoms. The third kappa shape index (κ3) is 5.62. The van der Waals surface area contributed by atoms with Crippen molar-refractivity contribution in [2.75, 3.05) is 51.5 Å². The van der Waals surface area contributed by atoms with Crippen LogP contribution in [0.1, 0.15) is 54.4 Å². The SMILES string of the molecule is COC[C@H]1N(c2cccc(-c3cccc(C)c3OCc3ccc4c(c3)[C@@H](C)CN(C3CCOCC3)CC4)n2)C[C@@H]2C[C@@]21C(=O)O. The number of para-hydroxylation sites is 1. The third-order valence-electron chi connectivity index (χ3n) is 10.8. The van der Waals surface area contributed by atoms with Gasteiger partial charge in [0.25, 0.3) is 0 Å². The third-order valence-corrected chi connectivity index (χ3v) is 10.8. The van der Waals surface area contributed by atoms with Gasteiger partial charge in [0, 0.05) is 51.6 Å². The van der Waals surface area contributed by atoms with E-state index < -0.39 is 11.4 Å². The van der Waals surface area contributed by atoms with Gasteiger partial charge in [-0.2, -0.15) is 0 Å². The number of hydrogen-bond acceptors (Lipinski definition) is 7. The predicted molar refractivity (Wildman–Crippen MR) is 174 cm³/mol. The van der Waals surface area contributed by atoms with Crippen molar-refractivity contribution in [3.8, 4) is 17.0 Å². The number of aliphatic carboxylic acids is 1. The molecular weight excluding hydrogens is 566 g/mol. The number of ether oxygens (including phenoxy) is 3. The molecule has 238 valence electrons. The van der Waals surface area contributed by atoms with E-state index in [2.05, 4.69) is 54.0 Å². The Labute approximate surface area is 266 Å². The van der Waals surface area contributed by atoms with E-state index in [1.165, 1.54) is 16.7 Å². The minimum atomic E-state index is -0.736. The Bertz CT molecular complexity index is 1550. The van der Waals surface area contributed by atoms with Gasteiger partial charge >= 0.3 is 5.97 Å². The molecule has 4 heterocycles. The van der Waals surface area contributed by atoms with Crippen LogP contribution in [-0.4, -0.2) is 79.6 Å². The molecule has 4 atom stereocenters. The van der Waals surface area contributed by atoms with Crippen molar-refractivity contribution >= 4 is 11.8 Å². The van der Waals surface area contributed by atoms with Gasteiger partial charge in [0.15, 0.2) is 0 Å². The number of benzene rings is 2. The van der Waals surface area contributed by atoms with Crippen LogP contribution in [0.5, 0.6) is 5.75 Å². The molecule has 0 unspecified atom stereocenters. The Kier molecular flexibility index (Phi) is 8.31. The summed E-state index contributed by atoms with van der Waals surface area (Å²) in [6, 6.07) is 19.4. The number of piperidine rings is 1. The number of carboxylic acid groups (broad SMARTS) is 1. The fourth-order valence-corrected chi connectivity index (χ4v) is 8.22. The quantitative estimate of drug-likeness (QED) is 0.330. The molecule has 4 aliphatic rings. The summed E-state index contributed by atoms with van der Waals surface area (Å²) >= 11 is 0. The lowest BCUT2D eigenvalue weighted by molar-refractivity contribution is -0.144. The van der Waals surface area contributed by atoms with E-state index in [9.17, 15) is 9.90 Å². The second kappa shape index (κ2) is 12.4. The lowest BCUT2D eigenvalue weighted by Crippen LogP contribution is -2.43. The molecule has 0 amide bonds. The molecule has 0 bridgehead atoms. The lowest BCUT2D eigenvalue weighted by atomic mass is 9.93.